The Morgan fingerprint density at radius 1 is 0.917 bits per heavy atom. The molecule has 36 heavy (non-hydrogen) atoms. The van der Waals surface area contributed by atoms with E-state index in [4.69, 9.17) is 13.7 Å². The molecule has 0 saturated heterocycles. The fourth-order valence-electron chi connectivity index (χ4n) is 3.28. The molecule has 9 nitrogen and oxygen atoms in total. The van der Waals surface area contributed by atoms with E-state index in [1.807, 2.05) is 18.2 Å². The maximum Gasteiger partial charge on any atom is 0.362 e. The Morgan fingerprint density at radius 2 is 1.56 bits per heavy atom. The van der Waals surface area contributed by atoms with Gasteiger partial charge in [0.25, 0.3) is 5.56 Å². The van der Waals surface area contributed by atoms with Gasteiger partial charge in [-0.15, -0.1) is 0 Å². The zero-order valence-corrected chi connectivity index (χ0v) is 20.3. The Balaban J connectivity index is 1.67. The predicted octanol–water partition coefficient (Wildman–Crippen LogP) is 4.28. The van der Waals surface area contributed by atoms with Crippen LogP contribution in [0.4, 0.5) is 0 Å². The SMILES string of the molecule is CCOC(=O)c1nn(-c2ccccc2C)c(=O)cc1OS(=O)(=O)c1ccc(Oc2ccccc2)cc1. The smallest absolute Gasteiger partial charge is 0.362 e. The molecule has 1 heterocycles. The van der Waals surface area contributed by atoms with Gasteiger partial charge in [0.15, 0.2) is 5.75 Å². The number of aromatic nitrogens is 2. The van der Waals surface area contributed by atoms with E-state index in [-0.39, 0.29) is 11.5 Å². The van der Waals surface area contributed by atoms with Crippen LogP contribution < -0.4 is 14.5 Å². The van der Waals surface area contributed by atoms with Crippen LogP contribution in [-0.4, -0.2) is 30.8 Å². The van der Waals surface area contributed by atoms with Crippen LogP contribution in [-0.2, 0) is 14.9 Å². The number of ether oxygens (including phenoxy) is 2. The number of carbonyl (C=O) groups excluding carboxylic acids is 1. The predicted molar refractivity (Wildman–Crippen MR) is 131 cm³/mol. The van der Waals surface area contributed by atoms with Gasteiger partial charge < -0.3 is 13.7 Å². The highest BCUT2D eigenvalue weighted by molar-refractivity contribution is 7.87. The molecule has 0 amide bonds. The van der Waals surface area contributed by atoms with Crippen LogP contribution in [0.2, 0.25) is 0 Å². The minimum atomic E-state index is -4.43. The van der Waals surface area contributed by atoms with E-state index in [2.05, 4.69) is 5.10 Å². The lowest BCUT2D eigenvalue weighted by molar-refractivity contribution is 0.0515. The van der Waals surface area contributed by atoms with Crippen molar-refractivity contribution in [2.75, 3.05) is 6.61 Å². The molecular weight excluding hydrogens is 484 g/mol. The van der Waals surface area contributed by atoms with Gasteiger partial charge in [-0.1, -0.05) is 36.4 Å². The Hall–Kier alpha value is -4.44. The lowest BCUT2D eigenvalue weighted by Crippen LogP contribution is -2.26. The van der Waals surface area contributed by atoms with Crippen LogP contribution >= 0.6 is 0 Å². The summed E-state index contributed by atoms with van der Waals surface area (Å²) in [6, 6.07) is 22.3. The van der Waals surface area contributed by atoms with Crippen molar-refractivity contribution in [2.24, 2.45) is 0 Å². The molecule has 0 radical (unpaired) electrons. The number of nitrogens with zero attached hydrogens (tertiary/aromatic N) is 2. The van der Waals surface area contributed by atoms with Crippen LogP contribution in [0.3, 0.4) is 0 Å². The molecule has 0 aliphatic heterocycles. The molecule has 0 atom stereocenters. The third kappa shape index (κ3) is 5.44. The summed E-state index contributed by atoms with van der Waals surface area (Å²) in [5.41, 5.74) is 0.0129. The lowest BCUT2D eigenvalue weighted by atomic mass is 10.2. The second kappa shape index (κ2) is 10.4. The number of rotatable bonds is 8. The molecule has 0 aliphatic carbocycles. The van der Waals surface area contributed by atoms with Crippen LogP contribution in [0.5, 0.6) is 17.2 Å². The van der Waals surface area contributed by atoms with Gasteiger partial charge in [0, 0.05) is 0 Å². The fourth-order valence-corrected chi connectivity index (χ4v) is 4.21. The van der Waals surface area contributed by atoms with Gasteiger partial charge in [-0.3, -0.25) is 4.79 Å². The number of benzene rings is 3. The maximum absolute atomic E-state index is 13.0. The molecule has 0 aliphatic rings. The third-order valence-electron chi connectivity index (χ3n) is 5.00. The zero-order valence-electron chi connectivity index (χ0n) is 19.5. The average Bonchev–Trinajstić information content (AvgIpc) is 2.86. The summed E-state index contributed by atoms with van der Waals surface area (Å²) >= 11 is 0. The van der Waals surface area contributed by atoms with E-state index in [0.29, 0.717) is 17.2 Å². The van der Waals surface area contributed by atoms with Gasteiger partial charge in [0.2, 0.25) is 5.69 Å². The lowest BCUT2D eigenvalue weighted by Gasteiger charge is -2.13. The molecule has 3 aromatic carbocycles. The summed E-state index contributed by atoms with van der Waals surface area (Å²) in [6.45, 7) is 3.37. The Morgan fingerprint density at radius 3 is 2.22 bits per heavy atom. The zero-order chi connectivity index (χ0) is 25.7. The first-order valence-electron chi connectivity index (χ1n) is 10.9. The minimum absolute atomic E-state index is 0.0130. The van der Waals surface area contributed by atoms with Gasteiger partial charge in [-0.25, -0.2) is 4.79 Å². The standard InChI is InChI=1S/C26H22N2O7S/c1-3-33-26(30)25-23(17-24(29)28(27-25)22-12-8-7-9-18(22)2)35-36(31,32)21-15-13-20(14-16-21)34-19-10-5-4-6-11-19/h4-17H,3H2,1-2H3. The number of carbonyl (C=O) groups is 1. The maximum atomic E-state index is 13.0. The average molecular weight is 507 g/mol. The number of aryl methyl sites for hydroxylation is 1. The van der Waals surface area contributed by atoms with Crippen molar-refractivity contribution in [3.63, 3.8) is 0 Å². The van der Waals surface area contributed by atoms with Crippen LogP contribution in [0, 0.1) is 6.92 Å². The van der Waals surface area contributed by atoms with Gasteiger partial charge in [-0.2, -0.15) is 18.2 Å². The second-order valence-electron chi connectivity index (χ2n) is 7.54. The summed E-state index contributed by atoms with van der Waals surface area (Å²) < 4.78 is 42.8. The van der Waals surface area contributed by atoms with E-state index in [9.17, 15) is 18.0 Å². The summed E-state index contributed by atoms with van der Waals surface area (Å²) in [4.78, 5) is 25.2. The molecule has 0 unspecified atom stereocenters. The van der Waals surface area contributed by atoms with Crippen molar-refractivity contribution in [3.05, 3.63) is 107 Å². The Kier molecular flexibility index (Phi) is 7.16. The summed E-state index contributed by atoms with van der Waals surface area (Å²) in [6.07, 6.45) is 0. The van der Waals surface area contributed by atoms with E-state index in [0.717, 1.165) is 16.3 Å². The van der Waals surface area contributed by atoms with Crippen molar-refractivity contribution in [1.29, 1.82) is 0 Å². The molecule has 0 bridgehead atoms. The topological polar surface area (TPSA) is 114 Å². The van der Waals surface area contributed by atoms with E-state index in [1.54, 1.807) is 50.2 Å². The van der Waals surface area contributed by atoms with Crippen LogP contribution in [0.15, 0.2) is 94.6 Å². The fraction of sp³-hybridized carbons (Fsp3) is 0.115. The molecule has 1 aromatic heterocycles. The number of para-hydroxylation sites is 2. The van der Waals surface area contributed by atoms with Crippen molar-refractivity contribution < 1.29 is 26.9 Å². The second-order valence-corrected chi connectivity index (χ2v) is 9.08. The van der Waals surface area contributed by atoms with Gasteiger partial charge in [0.1, 0.15) is 16.4 Å². The molecule has 0 N–H and O–H groups in total. The van der Waals surface area contributed by atoms with Crippen molar-refractivity contribution in [3.8, 4) is 22.9 Å². The van der Waals surface area contributed by atoms with E-state index in [1.165, 1.54) is 24.3 Å². The van der Waals surface area contributed by atoms with Crippen molar-refractivity contribution in [2.45, 2.75) is 18.7 Å². The van der Waals surface area contributed by atoms with E-state index >= 15 is 0 Å². The highest BCUT2D eigenvalue weighted by Gasteiger charge is 2.26. The summed E-state index contributed by atoms with van der Waals surface area (Å²) in [5, 5.41) is 4.08. The quantitative estimate of drug-likeness (QED) is 0.257. The van der Waals surface area contributed by atoms with Gasteiger partial charge >= 0.3 is 16.1 Å². The first kappa shape index (κ1) is 24.7. The van der Waals surface area contributed by atoms with Crippen LogP contribution in [0.25, 0.3) is 5.69 Å². The highest BCUT2D eigenvalue weighted by atomic mass is 32.2. The molecule has 0 saturated carbocycles. The molecule has 10 heteroatoms. The first-order valence-corrected chi connectivity index (χ1v) is 12.3. The largest absolute Gasteiger partial charge is 0.461 e. The Labute approximate surface area is 207 Å². The molecule has 0 fully saturated rings. The number of esters is 1. The first-order chi connectivity index (χ1) is 17.3. The monoisotopic (exact) mass is 506 g/mol. The third-order valence-corrected chi connectivity index (χ3v) is 6.25. The molecular formula is C26H22N2O7S. The number of hydrogen-bond acceptors (Lipinski definition) is 8. The summed E-state index contributed by atoms with van der Waals surface area (Å²) in [7, 11) is -4.43. The van der Waals surface area contributed by atoms with Crippen molar-refractivity contribution in [1.82, 2.24) is 9.78 Å². The molecule has 184 valence electrons. The van der Waals surface area contributed by atoms with Crippen molar-refractivity contribution >= 4 is 16.1 Å². The molecule has 0 spiro atoms. The minimum Gasteiger partial charge on any atom is -0.461 e. The highest BCUT2D eigenvalue weighted by Crippen LogP contribution is 2.26. The van der Waals surface area contributed by atoms with E-state index < -0.39 is 33.1 Å². The molecule has 4 aromatic rings. The Bertz CT molecular complexity index is 1550. The normalized spacial score (nSPS) is 11.1. The number of hydrogen-bond donors (Lipinski definition) is 0. The summed E-state index contributed by atoms with van der Waals surface area (Å²) in [5.74, 6) is -0.469. The van der Waals surface area contributed by atoms with Crippen LogP contribution in [0.1, 0.15) is 23.0 Å². The van der Waals surface area contributed by atoms with Gasteiger partial charge in [-0.05, 0) is 61.9 Å². The van der Waals surface area contributed by atoms with Gasteiger partial charge in [0.05, 0.1) is 18.4 Å². The molecule has 4 rings (SSSR count).